The third-order valence-corrected chi connectivity index (χ3v) is 3.94. The Morgan fingerprint density at radius 1 is 1.42 bits per heavy atom. The van der Waals surface area contributed by atoms with Crippen molar-refractivity contribution < 1.29 is 4.79 Å². The Balaban J connectivity index is 1.89. The lowest BCUT2D eigenvalue weighted by atomic mass is 10.00. The van der Waals surface area contributed by atoms with Crippen LogP contribution in [0.5, 0.6) is 0 Å². The lowest BCUT2D eigenvalue weighted by molar-refractivity contribution is 0.0602. The van der Waals surface area contributed by atoms with Crippen LogP contribution in [0, 0.1) is 0 Å². The standard InChI is InChI=1S/C15H19N3O/c1-2-12-7-3-6-10-18(12)15(19)13-11-17-9-5-4-8-14(17)16-13/h4-5,8-9,11-12H,2-3,6-7,10H2,1H3. The first-order valence-electron chi connectivity index (χ1n) is 7.04. The van der Waals surface area contributed by atoms with Gasteiger partial charge in [-0.3, -0.25) is 4.79 Å². The van der Waals surface area contributed by atoms with Crippen LogP contribution in [0.4, 0.5) is 0 Å². The number of piperidine rings is 1. The highest BCUT2D eigenvalue weighted by atomic mass is 16.2. The molecule has 1 amide bonds. The highest BCUT2D eigenvalue weighted by Crippen LogP contribution is 2.21. The van der Waals surface area contributed by atoms with Gasteiger partial charge in [0.05, 0.1) is 0 Å². The second-order valence-electron chi connectivity index (χ2n) is 5.15. The highest BCUT2D eigenvalue weighted by Gasteiger charge is 2.27. The maximum Gasteiger partial charge on any atom is 0.274 e. The predicted molar refractivity (Wildman–Crippen MR) is 74.2 cm³/mol. The van der Waals surface area contributed by atoms with Crippen molar-refractivity contribution in [1.82, 2.24) is 14.3 Å². The first kappa shape index (κ1) is 12.2. The number of imidazole rings is 1. The van der Waals surface area contributed by atoms with Crippen LogP contribution in [0.3, 0.4) is 0 Å². The van der Waals surface area contributed by atoms with Crippen molar-refractivity contribution in [2.24, 2.45) is 0 Å². The van der Waals surface area contributed by atoms with Crippen LogP contribution in [0.15, 0.2) is 30.6 Å². The second-order valence-corrected chi connectivity index (χ2v) is 5.15. The van der Waals surface area contributed by atoms with Crippen molar-refractivity contribution in [2.75, 3.05) is 6.54 Å². The summed E-state index contributed by atoms with van der Waals surface area (Å²) in [6.45, 7) is 3.02. The van der Waals surface area contributed by atoms with E-state index in [0.29, 0.717) is 11.7 Å². The number of nitrogens with zero attached hydrogens (tertiary/aromatic N) is 3. The Labute approximate surface area is 113 Å². The minimum Gasteiger partial charge on any atom is -0.334 e. The monoisotopic (exact) mass is 257 g/mol. The molecule has 1 aliphatic heterocycles. The molecule has 0 aromatic carbocycles. The van der Waals surface area contributed by atoms with Crippen molar-refractivity contribution in [3.05, 3.63) is 36.3 Å². The Hall–Kier alpha value is -1.84. The van der Waals surface area contributed by atoms with E-state index < -0.39 is 0 Å². The number of carbonyl (C=O) groups is 1. The van der Waals surface area contributed by atoms with E-state index >= 15 is 0 Å². The molecular weight excluding hydrogens is 238 g/mol. The topological polar surface area (TPSA) is 37.6 Å². The fourth-order valence-corrected chi connectivity index (χ4v) is 2.88. The summed E-state index contributed by atoms with van der Waals surface area (Å²) >= 11 is 0. The van der Waals surface area contributed by atoms with Gasteiger partial charge in [-0.25, -0.2) is 4.98 Å². The average molecular weight is 257 g/mol. The molecule has 0 aliphatic carbocycles. The molecule has 4 nitrogen and oxygen atoms in total. The maximum absolute atomic E-state index is 12.6. The lowest BCUT2D eigenvalue weighted by Gasteiger charge is -2.34. The minimum atomic E-state index is 0.0789. The molecule has 1 atom stereocenters. The number of likely N-dealkylation sites (tertiary alicyclic amines) is 1. The molecule has 3 heterocycles. The lowest BCUT2D eigenvalue weighted by Crippen LogP contribution is -2.43. The van der Waals surface area contributed by atoms with Crippen LogP contribution < -0.4 is 0 Å². The Bertz CT molecular complexity index is 557. The molecule has 100 valence electrons. The Kier molecular flexibility index (Phi) is 3.23. The van der Waals surface area contributed by atoms with Gasteiger partial charge in [0.25, 0.3) is 5.91 Å². The molecule has 0 N–H and O–H groups in total. The zero-order valence-corrected chi connectivity index (χ0v) is 11.2. The number of fused-ring (bicyclic) bond motifs is 1. The van der Waals surface area contributed by atoms with Gasteiger partial charge >= 0.3 is 0 Å². The van der Waals surface area contributed by atoms with Gasteiger partial charge in [-0.2, -0.15) is 0 Å². The fourth-order valence-electron chi connectivity index (χ4n) is 2.88. The normalized spacial score (nSPS) is 19.8. The van der Waals surface area contributed by atoms with Crippen molar-refractivity contribution in [3.8, 4) is 0 Å². The molecule has 2 aromatic heterocycles. The smallest absolute Gasteiger partial charge is 0.274 e. The highest BCUT2D eigenvalue weighted by molar-refractivity contribution is 5.93. The molecule has 3 rings (SSSR count). The van der Waals surface area contributed by atoms with E-state index in [4.69, 9.17) is 0 Å². The Morgan fingerprint density at radius 3 is 3.11 bits per heavy atom. The molecule has 4 heteroatoms. The summed E-state index contributed by atoms with van der Waals surface area (Å²) in [6.07, 6.45) is 8.24. The molecule has 1 saturated heterocycles. The summed E-state index contributed by atoms with van der Waals surface area (Å²) in [5, 5.41) is 0. The van der Waals surface area contributed by atoms with Crippen LogP contribution in [0.2, 0.25) is 0 Å². The summed E-state index contributed by atoms with van der Waals surface area (Å²) < 4.78 is 1.90. The predicted octanol–water partition coefficient (Wildman–Crippen LogP) is 2.74. The number of hydrogen-bond acceptors (Lipinski definition) is 2. The third-order valence-electron chi connectivity index (χ3n) is 3.94. The van der Waals surface area contributed by atoms with Crippen LogP contribution in [0.1, 0.15) is 43.1 Å². The van der Waals surface area contributed by atoms with Crippen molar-refractivity contribution in [2.45, 2.75) is 38.6 Å². The second kappa shape index (κ2) is 5.03. The number of hydrogen-bond donors (Lipinski definition) is 0. The number of pyridine rings is 1. The van der Waals surface area contributed by atoms with Crippen LogP contribution >= 0.6 is 0 Å². The van der Waals surface area contributed by atoms with Gasteiger partial charge in [-0.05, 0) is 37.8 Å². The fraction of sp³-hybridized carbons (Fsp3) is 0.467. The Morgan fingerprint density at radius 2 is 2.32 bits per heavy atom. The van der Waals surface area contributed by atoms with Gasteiger partial charge in [0.2, 0.25) is 0 Å². The summed E-state index contributed by atoms with van der Waals surface area (Å²) in [5.74, 6) is 0.0789. The van der Waals surface area contributed by atoms with Gasteiger partial charge in [-0.1, -0.05) is 13.0 Å². The largest absolute Gasteiger partial charge is 0.334 e. The quantitative estimate of drug-likeness (QED) is 0.829. The van der Waals surface area contributed by atoms with Crippen molar-refractivity contribution in [1.29, 1.82) is 0 Å². The van der Waals surface area contributed by atoms with E-state index in [1.165, 1.54) is 6.42 Å². The SMILES string of the molecule is CCC1CCCCN1C(=O)c1cn2ccccc2n1. The van der Waals surface area contributed by atoms with E-state index in [-0.39, 0.29) is 5.91 Å². The number of aromatic nitrogens is 2. The zero-order valence-electron chi connectivity index (χ0n) is 11.2. The maximum atomic E-state index is 12.6. The number of amides is 1. The number of carbonyl (C=O) groups excluding carboxylic acids is 1. The van der Waals surface area contributed by atoms with Gasteiger partial charge in [-0.15, -0.1) is 0 Å². The zero-order chi connectivity index (χ0) is 13.2. The van der Waals surface area contributed by atoms with E-state index in [0.717, 1.165) is 31.5 Å². The molecule has 0 saturated carbocycles. The van der Waals surface area contributed by atoms with E-state index in [1.54, 1.807) is 0 Å². The first-order chi connectivity index (χ1) is 9.29. The molecule has 2 aromatic rings. The molecule has 1 aliphatic rings. The van der Waals surface area contributed by atoms with E-state index in [9.17, 15) is 4.79 Å². The van der Waals surface area contributed by atoms with Gasteiger partial charge in [0.15, 0.2) is 0 Å². The molecule has 0 bridgehead atoms. The first-order valence-corrected chi connectivity index (χ1v) is 7.04. The summed E-state index contributed by atoms with van der Waals surface area (Å²) in [6, 6.07) is 6.18. The summed E-state index contributed by atoms with van der Waals surface area (Å²) in [5.41, 5.74) is 1.39. The van der Waals surface area contributed by atoms with E-state index in [1.807, 2.05) is 39.9 Å². The van der Waals surface area contributed by atoms with Crippen LogP contribution in [-0.4, -0.2) is 32.8 Å². The molecule has 19 heavy (non-hydrogen) atoms. The minimum absolute atomic E-state index is 0.0789. The molecule has 1 unspecified atom stereocenters. The van der Waals surface area contributed by atoms with Crippen LogP contribution in [-0.2, 0) is 0 Å². The van der Waals surface area contributed by atoms with Crippen molar-refractivity contribution in [3.63, 3.8) is 0 Å². The van der Waals surface area contributed by atoms with Crippen molar-refractivity contribution >= 4 is 11.6 Å². The van der Waals surface area contributed by atoms with Gasteiger partial charge < -0.3 is 9.30 Å². The summed E-state index contributed by atoms with van der Waals surface area (Å²) in [7, 11) is 0. The molecular formula is C15H19N3O. The summed E-state index contributed by atoms with van der Waals surface area (Å²) in [4.78, 5) is 19.0. The van der Waals surface area contributed by atoms with Gasteiger partial charge in [0, 0.05) is 25.0 Å². The third kappa shape index (κ3) is 2.23. The van der Waals surface area contributed by atoms with E-state index in [2.05, 4.69) is 11.9 Å². The van der Waals surface area contributed by atoms with Gasteiger partial charge in [0.1, 0.15) is 11.3 Å². The molecule has 0 spiro atoms. The molecule has 1 fully saturated rings. The molecule has 0 radical (unpaired) electrons. The van der Waals surface area contributed by atoms with Crippen LogP contribution in [0.25, 0.3) is 5.65 Å². The number of rotatable bonds is 2. The average Bonchev–Trinajstić information content (AvgIpc) is 2.90.